The van der Waals surface area contributed by atoms with Crippen molar-refractivity contribution in [3.63, 3.8) is 0 Å². The molecule has 0 radical (unpaired) electrons. The molecule has 3 aromatic rings. The molecule has 0 spiro atoms. The maximum Gasteiger partial charge on any atom is 0.250 e. The molecule has 1 fully saturated rings. The first-order chi connectivity index (χ1) is 13.2. The van der Waals surface area contributed by atoms with Crippen LogP contribution in [0.2, 0.25) is 0 Å². The number of hydrogen-bond acceptors (Lipinski definition) is 6. The highest BCUT2D eigenvalue weighted by atomic mass is 19.1. The zero-order chi connectivity index (χ0) is 18.6. The van der Waals surface area contributed by atoms with Gasteiger partial charge in [0, 0.05) is 37.9 Å². The predicted molar refractivity (Wildman–Crippen MR) is 100 cm³/mol. The maximum atomic E-state index is 13.8. The molecule has 0 saturated carbocycles. The fourth-order valence-electron chi connectivity index (χ4n) is 3.22. The van der Waals surface area contributed by atoms with Crippen LogP contribution in [-0.4, -0.2) is 48.4 Å². The summed E-state index contributed by atoms with van der Waals surface area (Å²) in [6.07, 6.45) is 0. The topological polar surface area (TPSA) is 54.6 Å². The molecular formula is C20H21FN4O2. The Kier molecular flexibility index (Phi) is 5.02. The Hall–Kier alpha value is -2.93. The third-order valence-corrected chi connectivity index (χ3v) is 4.72. The van der Waals surface area contributed by atoms with E-state index in [1.807, 2.05) is 18.2 Å². The summed E-state index contributed by atoms with van der Waals surface area (Å²) in [5, 5.41) is 8.06. The maximum absolute atomic E-state index is 13.8. The molecule has 0 N–H and O–H groups in total. The van der Waals surface area contributed by atoms with Crippen LogP contribution in [0.3, 0.4) is 0 Å². The molecule has 0 unspecified atom stereocenters. The highest BCUT2D eigenvalue weighted by Crippen LogP contribution is 2.24. The number of benzene rings is 2. The van der Waals surface area contributed by atoms with Gasteiger partial charge in [0.15, 0.2) is 0 Å². The summed E-state index contributed by atoms with van der Waals surface area (Å²) in [7, 11) is 1.68. The van der Waals surface area contributed by atoms with Crippen LogP contribution in [0.5, 0.6) is 5.75 Å². The van der Waals surface area contributed by atoms with Crippen molar-refractivity contribution in [2.75, 3.05) is 38.2 Å². The van der Waals surface area contributed by atoms with Gasteiger partial charge < -0.3 is 14.1 Å². The number of hydrogen-bond donors (Lipinski definition) is 0. The van der Waals surface area contributed by atoms with Crippen molar-refractivity contribution >= 4 is 5.69 Å². The number of methoxy groups -OCH3 is 1. The lowest BCUT2D eigenvalue weighted by atomic mass is 10.2. The molecule has 7 heteroatoms. The number of anilines is 1. The van der Waals surface area contributed by atoms with Crippen LogP contribution >= 0.6 is 0 Å². The molecule has 1 saturated heterocycles. The van der Waals surface area contributed by atoms with E-state index in [4.69, 9.17) is 9.15 Å². The second-order valence-corrected chi connectivity index (χ2v) is 6.45. The largest absolute Gasteiger partial charge is 0.497 e. The van der Waals surface area contributed by atoms with E-state index in [2.05, 4.69) is 26.1 Å². The van der Waals surface area contributed by atoms with Crippen LogP contribution in [0.25, 0.3) is 11.5 Å². The number of aromatic nitrogens is 2. The molecule has 4 rings (SSSR count). The minimum Gasteiger partial charge on any atom is -0.497 e. The van der Waals surface area contributed by atoms with Gasteiger partial charge in [0.05, 0.1) is 19.2 Å². The quantitative estimate of drug-likeness (QED) is 0.689. The van der Waals surface area contributed by atoms with E-state index in [1.54, 1.807) is 25.3 Å². The first-order valence-corrected chi connectivity index (χ1v) is 8.91. The summed E-state index contributed by atoms with van der Waals surface area (Å²) in [5.41, 5.74) is 1.49. The zero-order valence-electron chi connectivity index (χ0n) is 15.1. The smallest absolute Gasteiger partial charge is 0.250 e. The van der Waals surface area contributed by atoms with Crippen molar-refractivity contribution in [3.8, 4) is 17.2 Å². The van der Waals surface area contributed by atoms with Gasteiger partial charge in [-0.25, -0.2) is 4.39 Å². The molecule has 2 heterocycles. The van der Waals surface area contributed by atoms with Gasteiger partial charge in [-0.1, -0.05) is 18.2 Å². The Labute approximate surface area is 157 Å². The van der Waals surface area contributed by atoms with E-state index in [0.29, 0.717) is 18.0 Å². The summed E-state index contributed by atoms with van der Waals surface area (Å²) in [4.78, 5) is 4.59. The summed E-state index contributed by atoms with van der Waals surface area (Å²) in [5.74, 6) is 1.22. The van der Waals surface area contributed by atoms with Crippen LogP contribution in [0, 0.1) is 5.82 Å². The third-order valence-electron chi connectivity index (χ3n) is 4.72. The van der Waals surface area contributed by atoms with Crippen LogP contribution in [0.4, 0.5) is 10.1 Å². The molecule has 140 valence electrons. The number of halogens is 1. The van der Waals surface area contributed by atoms with Crippen LogP contribution in [0.1, 0.15) is 5.89 Å². The second kappa shape index (κ2) is 7.75. The summed E-state index contributed by atoms with van der Waals surface area (Å²) in [6, 6.07) is 14.5. The predicted octanol–water partition coefficient (Wildman–Crippen LogP) is 3.21. The van der Waals surface area contributed by atoms with Gasteiger partial charge in [-0.3, -0.25) is 4.90 Å². The monoisotopic (exact) mass is 368 g/mol. The van der Waals surface area contributed by atoms with Crippen molar-refractivity contribution in [1.82, 2.24) is 15.1 Å². The van der Waals surface area contributed by atoms with Crippen molar-refractivity contribution in [1.29, 1.82) is 0 Å². The molecule has 6 nitrogen and oxygen atoms in total. The first kappa shape index (κ1) is 17.5. The number of piperazine rings is 1. The van der Waals surface area contributed by atoms with Gasteiger partial charge in [0.25, 0.3) is 5.89 Å². The van der Waals surface area contributed by atoms with E-state index in [1.165, 1.54) is 6.07 Å². The molecule has 1 aliphatic heterocycles. The third kappa shape index (κ3) is 3.93. The average Bonchev–Trinajstić information content (AvgIpc) is 3.17. The summed E-state index contributed by atoms with van der Waals surface area (Å²) < 4.78 is 24.8. The van der Waals surface area contributed by atoms with E-state index < -0.39 is 0 Å². The van der Waals surface area contributed by atoms with Gasteiger partial charge in [0.1, 0.15) is 11.6 Å². The van der Waals surface area contributed by atoms with Gasteiger partial charge in [-0.2, -0.15) is 0 Å². The molecule has 0 aliphatic carbocycles. The first-order valence-electron chi connectivity index (χ1n) is 8.91. The second-order valence-electron chi connectivity index (χ2n) is 6.45. The fourth-order valence-corrected chi connectivity index (χ4v) is 3.22. The van der Waals surface area contributed by atoms with Gasteiger partial charge in [-0.05, 0) is 24.3 Å². The molecule has 0 amide bonds. The molecule has 2 aromatic carbocycles. The van der Waals surface area contributed by atoms with Crippen LogP contribution in [0.15, 0.2) is 52.9 Å². The standard InChI is InChI=1S/C20H21FN4O2/c1-26-16-6-4-5-15(13-16)25-11-9-24(10-12-25)14-19-22-23-20(27-19)17-7-2-3-8-18(17)21/h2-8,13H,9-12,14H2,1H3. The van der Waals surface area contributed by atoms with Crippen molar-refractivity contribution in [2.24, 2.45) is 0 Å². The Morgan fingerprint density at radius 1 is 1.04 bits per heavy atom. The SMILES string of the molecule is COc1cccc(N2CCN(Cc3nnc(-c4ccccc4F)o3)CC2)c1. The van der Waals surface area contributed by atoms with Gasteiger partial charge in [0.2, 0.25) is 5.89 Å². The van der Waals surface area contributed by atoms with E-state index >= 15 is 0 Å². The van der Waals surface area contributed by atoms with Crippen molar-refractivity contribution in [3.05, 3.63) is 60.2 Å². The molecule has 1 aromatic heterocycles. The number of rotatable bonds is 5. The molecular weight excluding hydrogens is 347 g/mol. The highest BCUT2D eigenvalue weighted by molar-refractivity contribution is 5.53. The minimum absolute atomic E-state index is 0.220. The van der Waals surface area contributed by atoms with E-state index in [0.717, 1.165) is 37.6 Å². The van der Waals surface area contributed by atoms with Crippen LogP contribution in [-0.2, 0) is 6.54 Å². The average molecular weight is 368 g/mol. The Balaban J connectivity index is 1.36. The molecule has 0 atom stereocenters. The van der Waals surface area contributed by atoms with E-state index in [-0.39, 0.29) is 11.7 Å². The van der Waals surface area contributed by atoms with Gasteiger partial charge >= 0.3 is 0 Å². The lowest BCUT2D eigenvalue weighted by molar-refractivity contribution is 0.227. The Morgan fingerprint density at radius 3 is 2.63 bits per heavy atom. The zero-order valence-corrected chi connectivity index (χ0v) is 15.1. The lowest BCUT2D eigenvalue weighted by Crippen LogP contribution is -2.46. The Morgan fingerprint density at radius 2 is 1.85 bits per heavy atom. The van der Waals surface area contributed by atoms with Gasteiger partial charge in [-0.15, -0.1) is 10.2 Å². The number of ether oxygens (including phenoxy) is 1. The van der Waals surface area contributed by atoms with Crippen LogP contribution < -0.4 is 9.64 Å². The minimum atomic E-state index is -0.361. The van der Waals surface area contributed by atoms with Crippen molar-refractivity contribution in [2.45, 2.75) is 6.54 Å². The fraction of sp³-hybridized carbons (Fsp3) is 0.300. The summed E-state index contributed by atoms with van der Waals surface area (Å²) >= 11 is 0. The lowest BCUT2D eigenvalue weighted by Gasteiger charge is -2.35. The van der Waals surface area contributed by atoms with Crippen molar-refractivity contribution < 1.29 is 13.5 Å². The van der Waals surface area contributed by atoms with E-state index in [9.17, 15) is 4.39 Å². The molecule has 27 heavy (non-hydrogen) atoms. The Bertz CT molecular complexity index is 906. The molecule has 0 bridgehead atoms. The number of nitrogens with zero attached hydrogens (tertiary/aromatic N) is 4. The molecule has 1 aliphatic rings. The summed E-state index contributed by atoms with van der Waals surface area (Å²) in [6.45, 7) is 4.14. The highest BCUT2D eigenvalue weighted by Gasteiger charge is 2.20. The normalized spacial score (nSPS) is 15.1.